The molecular weight excluding hydrogens is 414 g/mol. The predicted octanol–water partition coefficient (Wildman–Crippen LogP) is 4.05. The van der Waals surface area contributed by atoms with Gasteiger partial charge in [-0.1, -0.05) is 29.8 Å². The minimum atomic E-state index is -0.393. The Kier molecular flexibility index (Phi) is 7.65. The molecule has 3 rings (SSSR count). The van der Waals surface area contributed by atoms with Crippen molar-refractivity contribution in [1.29, 1.82) is 0 Å². The monoisotopic (exact) mass is 437 g/mol. The van der Waals surface area contributed by atoms with E-state index in [1.807, 2.05) is 37.2 Å². The van der Waals surface area contributed by atoms with Crippen molar-refractivity contribution in [3.63, 3.8) is 0 Å². The number of nitrogens with one attached hydrogen (secondary N) is 2. The Morgan fingerprint density at radius 2 is 1.71 bits per heavy atom. The number of carbonyl (C=O) groups excluding carboxylic acids is 2. The maximum absolute atomic E-state index is 12.7. The normalized spacial score (nSPS) is 11.4. The Hall–Kier alpha value is -3.35. The van der Waals surface area contributed by atoms with Gasteiger partial charge in [0.25, 0.3) is 11.8 Å². The number of rotatable bonds is 8. The number of hydrogen-bond donors (Lipinski definition) is 2. The Morgan fingerprint density at radius 3 is 2.39 bits per heavy atom. The average Bonchev–Trinajstić information content (AvgIpc) is 3.22. The molecule has 160 valence electrons. The van der Waals surface area contributed by atoms with E-state index in [0.29, 0.717) is 35.2 Å². The zero-order chi connectivity index (χ0) is 22.2. The van der Waals surface area contributed by atoms with Crippen molar-refractivity contribution in [1.82, 2.24) is 15.5 Å². The van der Waals surface area contributed by atoms with E-state index in [-0.39, 0.29) is 11.6 Å². The lowest BCUT2D eigenvalue weighted by Gasteiger charge is -2.13. The lowest BCUT2D eigenvalue weighted by atomic mass is 10.2. The first kappa shape index (κ1) is 22.3. The third kappa shape index (κ3) is 6.57. The first-order chi connectivity index (χ1) is 14.9. The first-order valence-corrected chi connectivity index (χ1v) is 10.2. The number of hydrogen-bond acceptors (Lipinski definition) is 4. The quantitative estimate of drug-likeness (QED) is 0.521. The molecule has 0 aliphatic rings. The summed E-state index contributed by atoms with van der Waals surface area (Å²) in [5, 5.41) is 6.15. The Morgan fingerprint density at radius 1 is 1.00 bits per heavy atom. The van der Waals surface area contributed by atoms with Gasteiger partial charge in [-0.05, 0) is 62.6 Å². The average molecular weight is 438 g/mol. The van der Waals surface area contributed by atoms with E-state index in [4.69, 9.17) is 16.0 Å². The standard InChI is InChI=1S/C24H24ClN3O3/c1-28(2)15-14-26-24(30)21(27-23(29)18-6-4-3-5-7-18)16-20-12-13-22(31-20)17-8-10-19(25)11-9-17/h3-13,16H,14-15H2,1-2H3,(H,26,30)(H,27,29)/b21-16-. The molecule has 0 saturated heterocycles. The second-order valence-electron chi connectivity index (χ2n) is 7.15. The summed E-state index contributed by atoms with van der Waals surface area (Å²) in [5.41, 5.74) is 1.41. The third-order valence-electron chi connectivity index (χ3n) is 4.42. The molecule has 0 unspecified atom stereocenters. The lowest BCUT2D eigenvalue weighted by molar-refractivity contribution is -0.117. The molecule has 1 aromatic heterocycles. The van der Waals surface area contributed by atoms with Gasteiger partial charge >= 0.3 is 0 Å². The molecule has 2 amide bonds. The summed E-state index contributed by atoms with van der Waals surface area (Å²) in [5.74, 6) is 0.301. The van der Waals surface area contributed by atoms with Crippen LogP contribution in [-0.4, -0.2) is 43.9 Å². The molecule has 3 aromatic rings. The number of likely N-dealkylation sites (N-methyl/N-ethyl adjacent to an activating group) is 1. The molecule has 7 heteroatoms. The molecular formula is C24H24ClN3O3. The molecule has 0 fully saturated rings. The summed E-state index contributed by atoms with van der Waals surface area (Å²) < 4.78 is 5.86. The molecule has 0 aliphatic carbocycles. The van der Waals surface area contributed by atoms with Gasteiger partial charge in [-0.2, -0.15) is 0 Å². The van der Waals surface area contributed by atoms with Gasteiger partial charge in [0, 0.05) is 35.3 Å². The zero-order valence-electron chi connectivity index (χ0n) is 17.4. The van der Waals surface area contributed by atoms with Crippen LogP contribution in [0.2, 0.25) is 5.02 Å². The highest BCUT2D eigenvalue weighted by Gasteiger charge is 2.15. The summed E-state index contributed by atoms with van der Waals surface area (Å²) in [6.45, 7) is 1.12. The van der Waals surface area contributed by atoms with E-state index in [1.165, 1.54) is 6.08 Å². The molecule has 2 aromatic carbocycles. The number of halogens is 1. The molecule has 31 heavy (non-hydrogen) atoms. The number of furan rings is 1. The van der Waals surface area contributed by atoms with Crippen LogP contribution >= 0.6 is 11.6 Å². The Bertz CT molecular complexity index is 1060. The smallest absolute Gasteiger partial charge is 0.267 e. The maximum Gasteiger partial charge on any atom is 0.267 e. The van der Waals surface area contributed by atoms with Crippen LogP contribution in [0.3, 0.4) is 0 Å². The van der Waals surface area contributed by atoms with Gasteiger partial charge in [0.05, 0.1) is 0 Å². The van der Waals surface area contributed by atoms with Crippen molar-refractivity contribution in [2.75, 3.05) is 27.2 Å². The first-order valence-electron chi connectivity index (χ1n) is 9.79. The van der Waals surface area contributed by atoms with Gasteiger partial charge in [0.1, 0.15) is 17.2 Å². The molecule has 0 aliphatic heterocycles. The Labute approximate surface area is 186 Å². The minimum absolute atomic E-state index is 0.101. The highest BCUT2D eigenvalue weighted by atomic mass is 35.5. The van der Waals surface area contributed by atoms with Crippen LogP contribution < -0.4 is 10.6 Å². The largest absolute Gasteiger partial charge is 0.457 e. The van der Waals surface area contributed by atoms with Crippen LogP contribution in [0.4, 0.5) is 0 Å². The van der Waals surface area contributed by atoms with Gasteiger partial charge in [0.15, 0.2) is 0 Å². The molecule has 2 N–H and O–H groups in total. The number of nitrogens with zero attached hydrogens (tertiary/aromatic N) is 1. The molecule has 0 radical (unpaired) electrons. The van der Waals surface area contributed by atoms with Crippen molar-refractivity contribution in [2.45, 2.75) is 0 Å². The van der Waals surface area contributed by atoms with Gasteiger partial charge in [-0.25, -0.2) is 0 Å². The van der Waals surface area contributed by atoms with Gasteiger partial charge < -0.3 is 20.0 Å². The molecule has 1 heterocycles. The van der Waals surface area contributed by atoms with Crippen molar-refractivity contribution < 1.29 is 14.0 Å². The number of carbonyl (C=O) groups is 2. The lowest BCUT2D eigenvalue weighted by Crippen LogP contribution is -2.37. The van der Waals surface area contributed by atoms with Crippen LogP contribution in [0.15, 0.2) is 76.8 Å². The predicted molar refractivity (Wildman–Crippen MR) is 123 cm³/mol. The second-order valence-corrected chi connectivity index (χ2v) is 7.58. The van der Waals surface area contributed by atoms with E-state index >= 15 is 0 Å². The van der Waals surface area contributed by atoms with Crippen LogP contribution in [0, 0.1) is 0 Å². The van der Waals surface area contributed by atoms with Gasteiger partial charge in [0.2, 0.25) is 0 Å². The minimum Gasteiger partial charge on any atom is -0.457 e. The summed E-state index contributed by atoms with van der Waals surface area (Å²) in [4.78, 5) is 27.3. The maximum atomic E-state index is 12.7. The summed E-state index contributed by atoms with van der Waals surface area (Å²) in [6.07, 6.45) is 1.52. The third-order valence-corrected chi connectivity index (χ3v) is 4.67. The fourth-order valence-corrected chi connectivity index (χ4v) is 2.90. The second kappa shape index (κ2) is 10.6. The van der Waals surface area contributed by atoms with Gasteiger partial charge in [-0.15, -0.1) is 0 Å². The highest BCUT2D eigenvalue weighted by molar-refractivity contribution is 6.30. The van der Waals surface area contributed by atoms with Gasteiger partial charge in [-0.3, -0.25) is 9.59 Å². The SMILES string of the molecule is CN(C)CCNC(=O)/C(=C/c1ccc(-c2ccc(Cl)cc2)o1)NC(=O)c1ccccc1. The van der Waals surface area contributed by atoms with E-state index in [2.05, 4.69) is 10.6 Å². The number of amides is 2. The topological polar surface area (TPSA) is 74.6 Å². The van der Waals surface area contributed by atoms with Crippen molar-refractivity contribution in [3.05, 3.63) is 88.8 Å². The molecule has 0 saturated carbocycles. The van der Waals surface area contributed by atoms with Crippen molar-refractivity contribution >= 4 is 29.5 Å². The highest BCUT2D eigenvalue weighted by Crippen LogP contribution is 2.24. The van der Waals surface area contributed by atoms with Crippen LogP contribution in [0.25, 0.3) is 17.4 Å². The fraction of sp³-hybridized carbons (Fsp3) is 0.167. The number of benzene rings is 2. The molecule has 0 spiro atoms. The molecule has 0 atom stereocenters. The van der Waals surface area contributed by atoms with Crippen LogP contribution in [-0.2, 0) is 4.79 Å². The van der Waals surface area contributed by atoms with Crippen LogP contribution in [0.5, 0.6) is 0 Å². The van der Waals surface area contributed by atoms with Crippen molar-refractivity contribution in [2.24, 2.45) is 0 Å². The summed E-state index contributed by atoms with van der Waals surface area (Å²) in [7, 11) is 3.84. The fourth-order valence-electron chi connectivity index (χ4n) is 2.77. The summed E-state index contributed by atoms with van der Waals surface area (Å²) in [6, 6.07) is 19.5. The zero-order valence-corrected chi connectivity index (χ0v) is 18.1. The van der Waals surface area contributed by atoms with Crippen LogP contribution in [0.1, 0.15) is 16.1 Å². The van der Waals surface area contributed by atoms with Crippen molar-refractivity contribution in [3.8, 4) is 11.3 Å². The summed E-state index contributed by atoms with van der Waals surface area (Å²) >= 11 is 5.94. The van der Waals surface area contributed by atoms with E-state index in [0.717, 1.165) is 5.56 Å². The molecule has 0 bridgehead atoms. The van der Waals surface area contributed by atoms with E-state index in [9.17, 15) is 9.59 Å². The molecule has 6 nitrogen and oxygen atoms in total. The Balaban J connectivity index is 1.82. The van der Waals surface area contributed by atoms with E-state index < -0.39 is 5.91 Å². The van der Waals surface area contributed by atoms with E-state index in [1.54, 1.807) is 48.5 Å².